The number of carbonyl (C=O) groups is 1. The molecule has 150 valence electrons. The van der Waals surface area contributed by atoms with Crippen molar-refractivity contribution in [3.05, 3.63) is 62.5 Å². The van der Waals surface area contributed by atoms with Crippen LogP contribution in [0.1, 0.15) is 47.9 Å². The summed E-state index contributed by atoms with van der Waals surface area (Å²) in [5, 5.41) is 4.70. The number of hydrogen-bond donors (Lipinski definition) is 1. The van der Waals surface area contributed by atoms with Crippen LogP contribution in [0.15, 0.2) is 40.5 Å². The first-order valence-corrected chi connectivity index (χ1v) is 10.7. The summed E-state index contributed by atoms with van der Waals surface area (Å²) in [5.74, 6) is 0.281. The van der Waals surface area contributed by atoms with Gasteiger partial charge in [0.2, 0.25) is 0 Å². The number of aryl methyl sites for hydroxylation is 2. The number of hydrazone groups is 1. The van der Waals surface area contributed by atoms with Gasteiger partial charge in [-0.1, -0.05) is 36.8 Å². The first-order chi connectivity index (χ1) is 13.9. The van der Waals surface area contributed by atoms with E-state index in [2.05, 4.69) is 22.4 Å². The molecule has 2 aromatic heterocycles. The van der Waals surface area contributed by atoms with E-state index in [9.17, 15) is 9.59 Å². The van der Waals surface area contributed by atoms with Crippen molar-refractivity contribution in [1.29, 1.82) is 0 Å². The molecule has 1 aliphatic rings. The summed E-state index contributed by atoms with van der Waals surface area (Å²) < 4.78 is 1.41. The van der Waals surface area contributed by atoms with Crippen molar-refractivity contribution < 1.29 is 4.79 Å². The molecule has 1 N–H and O–H groups in total. The molecule has 1 aromatic carbocycles. The van der Waals surface area contributed by atoms with Gasteiger partial charge in [0.1, 0.15) is 10.9 Å². The number of amides is 1. The molecule has 0 radical (unpaired) electrons. The Morgan fingerprint density at radius 1 is 1.38 bits per heavy atom. The first-order valence-electron chi connectivity index (χ1n) is 9.85. The highest BCUT2D eigenvalue weighted by molar-refractivity contribution is 7.18. The Hall–Kier alpha value is -2.80. The van der Waals surface area contributed by atoms with Crippen molar-refractivity contribution >= 4 is 33.7 Å². The van der Waals surface area contributed by atoms with Gasteiger partial charge < -0.3 is 0 Å². The Bertz CT molecular complexity index is 1140. The molecule has 3 aromatic rings. The van der Waals surface area contributed by atoms with Gasteiger partial charge in [0.05, 0.1) is 17.9 Å². The van der Waals surface area contributed by atoms with E-state index in [1.807, 2.05) is 31.2 Å². The molecule has 0 unspecified atom stereocenters. The SMILES string of the molecule is Cc1ccc(C=NNC(=O)[C@@H](C)n2cnc3sc4c(c3c2=O)CC[C@H](C)C4)cc1. The van der Waals surface area contributed by atoms with Crippen LogP contribution in [0.3, 0.4) is 0 Å². The summed E-state index contributed by atoms with van der Waals surface area (Å²) in [6.45, 7) is 5.94. The molecule has 29 heavy (non-hydrogen) atoms. The molecule has 7 heteroatoms. The van der Waals surface area contributed by atoms with E-state index in [1.54, 1.807) is 24.5 Å². The highest BCUT2D eigenvalue weighted by Gasteiger charge is 2.25. The summed E-state index contributed by atoms with van der Waals surface area (Å²) in [6.07, 6.45) is 6.05. The number of fused-ring (bicyclic) bond motifs is 3. The molecule has 2 heterocycles. The van der Waals surface area contributed by atoms with E-state index in [4.69, 9.17) is 0 Å². The number of nitrogens with zero attached hydrogens (tertiary/aromatic N) is 3. The maximum absolute atomic E-state index is 13.1. The summed E-state index contributed by atoms with van der Waals surface area (Å²) in [7, 11) is 0. The molecule has 0 aliphatic heterocycles. The zero-order valence-electron chi connectivity index (χ0n) is 16.8. The normalized spacial score (nSPS) is 17.4. The van der Waals surface area contributed by atoms with E-state index < -0.39 is 6.04 Å². The number of nitrogens with one attached hydrogen (secondary N) is 1. The summed E-state index contributed by atoms with van der Waals surface area (Å²) in [5.41, 5.74) is 5.56. The lowest BCUT2D eigenvalue weighted by atomic mass is 9.89. The molecule has 1 aliphatic carbocycles. The zero-order chi connectivity index (χ0) is 20.5. The topological polar surface area (TPSA) is 76.3 Å². The largest absolute Gasteiger partial charge is 0.286 e. The number of aromatic nitrogens is 2. The molecule has 0 saturated carbocycles. The van der Waals surface area contributed by atoms with Crippen LogP contribution < -0.4 is 11.0 Å². The lowest BCUT2D eigenvalue weighted by Gasteiger charge is -2.18. The lowest BCUT2D eigenvalue weighted by Crippen LogP contribution is -2.34. The summed E-state index contributed by atoms with van der Waals surface area (Å²) in [4.78, 5) is 32.2. The van der Waals surface area contributed by atoms with Gasteiger partial charge >= 0.3 is 0 Å². The van der Waals surface area contributed by atoms with E-state index in [1.165, 1.54) is 15.8 Å². The molecule has 0 saturated heterocycles. The molecular formula is C22H24N4O2S. The van der Waals surface area contributed by atoms with Crippen molar-refractivity contribution in [3.8, 4) is 0 Å². The number of benzene rings is 1. The van der Waals surface area contributed by atoms with Crippen LogP contribution in [0.25, 0.3) is 10.2 Å². The van der Waals surface area contributed by atoms with Gasteiger partial charge in [-0.3, -0.25) is 14.2 Å². The van der Waals surface area contributed by atoms with Gasteiger partial charge in [0, 0.05) is 4.88 Å². The van der Waals surface area contributed by atoms with Gasteiger partial charge in [-0.2, -0.15) is 5.10 Å². The van der Waals surface area contributed by atoms with Crippen LogP contribution in [-0.4, -0.2) is 21.7 Å². The smallest absolute Gasteiger partial charge is 0.263 e. The Labute approximate surface area is 173 Å². The molecule has 1 amide bonds. The Kier molecular flexibility index (Phi) is 5.32. The maximum atomic E-state index is 13.1. The predicted molar refractivity (Wildman–Crippen MR) is 117 cm³/mol. The molecule has 0 fully saturated rings. The van der Waals surface area contributed by atoms with Crippen LogP contribution in [0, 0.1) is 12.8 Å². The molecule has 0 bridgehead atoms. The third kappa shape index (κ3) is 3.87. The number of hydrogen-bond acceptors (Lipinski definition) is 5. The second kappa shape index (κ2) is 7.91. The second-order valence-corrected chi connectivity index (χ2v) is 8.89. The summed E-state index contributed by atoms with van der Waals surface area (Å²) in [6, 6.07) is 7.12. The van der Waals surface area contributed by atoms with Crippen LogP contribution in [-0.2, 0) is 17.6 Å². The van der Waals surface area contributed by atoms with Crippen molar-refractivity contribution in [2.24, 2.45) is 11.0 Å². The van der Waals surface area contributed by atoms with E-state index in [0.717, 1.165) is 40.8 Å². The van der Waals surface area contributed by atoms with Gasteiger partial charge in [-0.25, -0.2) is 10.4 Å². The minimum Gasteiger partial charge on any atom is -0.286 e. The van der Waals surface area contributed by atoms with Crippen molar-refractivity contribution in [2.45, 2.75) is 46.1 Å². The van der Waals surface area contributed by atoms with Crippen molar-refractivity contribution in [3.63, 3.8) is 0 Å². The Balaban J connectivity index is 1.55. The minimum absolute atomic E-state index is 0.146. The Morgan fingerprint density at radius 3 is 2.90 bits per heavy atom. The van der Waals surface area contributed by atoms with Crippen LogP contribution in [0.2, 0.25) is 0 Å². The molecular weight excluding hydrogens is 384 g/mol. The van der Waals surface area contributed by atoms with Gasteiger partial charge in [0.15, 0.2) is 0 Å². The van der Waals surface area contributed by atoms with Gasteiger partial charge in [0.25, 0.3) is 11.5 Å². The van der Waals surface area contributed by atoms with Crippen LogP contribution in [0.4, 0.5) is 0 Å². The number of carbonyl (C=O) groups excluding carboxylic acids is 1. The monoisotopic (exact) mass is 408 g/mol. The fourth-order valence-corrected chi connectivity index (χ4v) is 5.00. The average molecular weight is 409 g/mol. The number of thiophene rings is 1. The van der Waals surface area contributed by atoms with E-state index in [-0.39, 0.29) is 11.5 Å². The number of rotatable bonds is 4. The maximum Gasteiger partial charge on any atom is 0.263 e. The van der Waals surface area contributed by atoms with Crippen molar-refractivity contribution in [2.75, 3.05) is 0 Å². The lowest BCUT2D eigenvalue weighted by molar-refractivity contribution is -0.123. The van der Waals surface area contributed by atoms with Gasteiger partial charge in [-0.05, 0) is 50.2 Å². The molecule has 4 rings (SSSR count). The molecule has 2 atom stereocenters. The van der Waals surface area contributed by atoms with Gasteiger partial charge in [-0.15, -0.1) is 11.3 Å². The highest BCUT2D eigenvalue weighted by atomic mass is 32.1. The van der Waals surface area contributed by atoms with E-state index in [0.29, 0.717) is 11.3 Å². The van der Waals surface area contributed by atoms with Crippen molar-refractivity contribution in [1.82, 2.24) is 15.0 Å². The minimum atomic E-state index is -0.701. The van der Waals surface area contributed by atoms with Crippen LogP contribution in [0.5, 0.6) is 0 Å². The third-order valence-corrected chi connectivity index (χ3v) is 6.67. The van der Waals surface area contributed by atoms with E-state index >= 15 is 0 Å². The first kappa shape index (κ1) is 19.5. The quantitative estimate of drug-likeness (QED) is 0.529. The third-order valence-electron chi connectivity index (χ3n) is 5.50. The second-order valence-electron chi connectivity index (χ2n) is 7.81. The average Bonchev–Trinajstić information content (AvgIpc) is 3.07. The zero-order valence-corrected chi connectivity index (χ0v) is 17.6. The summed E-state index contributed by atoms with van der Waals surface area (Å²) >= 11 is 1.61. The fourth-order valence-electron chi connectivity index (χ4n) is 3.66. The molecule has 6 nitrogen and oxygen atoms in total. The molecule has 0 spiro atoms. The Morgan fingerprint density at radius 2 is 2.14 bits per heavy atom. The highest BCUT2D eigenvalue weighted by Crippen LogP contribution is 2.35. The van der Waals surface area contributed by atoms with Crippen LogP contribution >= 0.6 is 11.3 Å². The fraction of sp³-hybridized carbons (Fsp3) is 0.364. The predicted octanol–water partition coefficient (Wildman–Crippen LogP) is 3.60. The standard InChI is InChI=1S/C22H24N4O2S/c1-13-4-7-16(8-5-13)11-24-25-20(27)15(3)26-12-23-21-19(22(26)28)17-9-6-14(2)10-18(17)29-21/h4-5,7-8,11-12,14-15H,6,9-10H2,1-3H3,(H,25,27)/t14-,15+/m0/s1.